The molecule has 0 amide bonds. The minimum Gasteiger partial charge on any atom is -0.388 e. The molecule has 0 bridgehead atoms. The van der Waals surface area contributed by atoms with Crippen molar-refractivity contribution in [3.63, 3.8) is 0 Å². The molecule has 5 atom stereocenters. The van der Waals surface area contributed by atoms with Crippen molar-refractivity contribution >= 4 is 24.4 Å². The number of aliphatic hydroxyl groups excluding tert-OH is 1. The van der Waals surface area contributed by atoms with Gasteiger partial charge in [-0.15, -0.1) is 0 Å². The lowest BCUT2D eigenvalue weighted by atomic mass is 10.00. The lowest BCUT2D eigenvalue weighted by molar-refractivity contribution is -0.226. The van der Waals surface area contributed by atoms with E-state index in [0.717, 1.165) is 16.0 Å². The Hall–Kier alpha value is -1.80. The van der Waals surface area contributed by atoms with Crippen LogP contribution in [0.2, 0.25) is 0 Å². The summed E-state index contributed by atoms with van der Waals surface area (Å²) < 4.78 is 18.9. The predicted molar refractivity (Wildman–Crippen MR) is 131 cm³/mol. The Labute approximate surface area is 199 Å². The topological polar surface area (TPSA) is 47.9 Å². The molecule has 0 aromatic heterocycles. The van der Waals surface area contributed by atoms with Crippen LogP contribution in [0.25, 0.3) is 0 Å². The average molecular weight is 469 g/mol. The number of ether oxygens (including phenoxy) is 3. The Kier molecular flexibility index (Phi) is 8.68. The van der Waals surface area contributed by atoms with E-state index < -0.39 is 24.4 Å². The fourth-order valence-corrected chi connectivity index (χ4v) is 5.12. The van der Waals surface area contributed by atoms with E-state index >= 15 is 0 Å². The molecule has 1 aliphatic rings. The molecule has 0 radical (unpaired) electrons. The molecule has 0 spiro atoms. The van der Waals surface area contributed by atoms with E-state index in [1.165, 1.54) is 0 Å². The monoisotopic (exact) mass is 468 g/mol. The smallest absolute Gasteiger partial charge is 0.137 e. The second-order valence-corrected chi connectivity index (χ2v) is 9.21. The van der Waals surface area contributed by atoms with Crippen LogP contribution < -0.4 is 0 Å². The molecule has 1 fully saturated rings. The largest absolute Gasteiger partial charge is 0.388 e. The fraction of sp³-hybridized carbons (Fsp3) is 0.308. The summed E-state index contributed by atoms with van der Waals surface area (Å²) >= 11 is 6.00. The molecule has 1 saturated heterocycles. The molecule has 32 heavy (non-hydrogen) atoms. The average Bonchev–Trinajstić information content (AvgIpc) is 2.85. The van der Waals surface area contributed by atoms with Crippen LogP contribution in [-0.2, 0) is 27.4 Å². The van der Waals surface area contributed by atoms with Gasteiger partial charge in [-0.2, -0.15) is 12.6 Å². The number of thioether (sulfide) groups is 1. The summed E-state index contributed by atoms with van der Waals surface area (Å²) in [6, 6.07) is 30.0. The predicted octanol–water partition coefficient (Wildman–Crippen LogP) is 4.97. The third-order valence-corrected chi connectivity index (χ3v) is 6.88. The first-order valence-corrected chi connectivity index (χ1v) is 12.2. The molecule has 1 aliphatic heterocycles. The van der Waals surface area contributed by atoms with Crippen LogP contribution in [0.3, 0.4) is 0 Å². The van der Waals surface area contributed by atoms with Crippen LogP contribution >= 0.6 is 24.4 Å². The highest BCUT2D eigenvalue weighted by Gasteiger charge is 2.46. The van der Waals surface area contributed by atoms with Gasteiger partial charge in [-0.25, -0.2) is 0 Å². The minimum atomic E-state index is -0.843. The van der Waals surface area contributed by atoms with Gasteiger partial charge in [0.25, 0.3) is 0 Å². The van der Waals surface area contributed by atoms with Crippen molar-refractivity contribution in [1.29, 1.82) is 0 Å². The molecule has 0 unspecified atom stereocenters. The second kappa shape index (κ2) is 11.9. The minimum absolute atomic E-state index is 0.345. The van der Waals surface area contributed by atoms with Gasteiger partial charge in [0.15, 0.2) is 0 Å². The summed E-state index contributed by atoms with van der Waals surface area (Å²) in [6.45, 7) is 0.792. The Bertz CT molecular complexity index is 926. The lowest BCUT2D eigenvalue weighted by Gasteiger charge is -2.44. The normalized spacial score (nSPS) is 25.5. The molecule has 3 aromatic rings. The number of rotatable bonds is 9. The molecule has 4 nitrogen and oxygen atoms in total. The van der Waals surface area contributed by atoms with E-state index in [1.54, 1.807) is 11.8 Å². The fourth-order valence-electron chi connectivity index (χ4n) is 3.67. The van der Waals surface area contributed by atoms with Crippen molar-refractivity contribution in [2.24, 2.45) is 0 Å². The van der Waals surface area contributed by atoms with Gasteiger partial charge >= 0.3 is 0 Å². The number of benzene rings is 3. The molecular weight excluding hydrogens is 440 g/mol. The van der Waals surface area contributed by atoms with Crippen molar-refractivity contribution in [3.05, 3.63) is 102 Å². The maximum Gasteiger partial charge on any atom is 0.137 e. The van der Waals surface area contributed by atoms with Gasteiger partial charge in [0.1, 0.15) is 23.7 Å². The molecule has 0 saturated carbocycles. The Balaban J connectivity index is 1.56. The summed E-state index contributed by atoms with van der Waals surface area (Å²) in [4.78, 5) is 1.07. The molecule has 1 N–H and O–H groups in total. The third kappa shape index (κ3) is 6.16. The zero-order valence-electron chi connectivity index (χ0n) is 17.7. The van der Waals surface area contributed by atoms with E-state index in [1.807, 2.05) is 91.0 Å². The lowest BCUT2D eigenvalue weighted by Crippen LogP contribution is -2.58. The summed E-state index contributed by atoms with van der Waals surface area (Å²) in [5.41, 5.74) is 1.76. The highest BCUT2D eigenvalue weighted by molar-refractivity contribution is 7.99. The van der Waals surface area contributed by atoms with E-state index in [9.17, 15) is 5.11 Å². The van der Waals surface area contributed by atoms with Crippen LogP contribution in [0.15, 0.2) is 95.9 Å². The Morgan fingerprint density at radius 1 is 0.750 bits per heavy atom. The van der Waals surface area contributed by atoms with Gasteiger partial charge in [-0.3, -0.25) is 0 Å². The first kappa shape index (κ1) is 23.4. The second-order valence-electron chi connectivity index (χ2n) is 7.67. The van der Waals surface area contributed by atoms with E-state index in [4.69, 9.17) is 14.2 Å². The summed E-state index contributed by atoms with van der Waals surface area (Å²) in [7, 11) is 0. The zero-order valence-corrected chi connectivity index (χ0v) is 19.4. The molecule has 1 heterocycles. The Morgan fingerprint density at radius 3 is 1.78 bits per heavy atom. The molecule has 168 valence electrons. The standard InChI is InChI=1S/C26H28O4S2/c27-23-22(18-31)30-26(32-21-14-8-3-9-15-21)25(29-17-20-12-6-2-7-13-20)24(23)28-16-19-10-4-1-5-11-19/h1-15,22-27,31H,16-18H2/t22-,23-,24+,25+,26-/m1/s1. The molecule has 4 rings (SSSR count). The molecule has 0 aliphatic carbocycles. The van der Waals surface area contributed by atoms with E-state index in [2.05, 4.69) is 12.6 Å². The highest BCUT2D eigenvalue weighted by atomic mass is 32.2. The van der Waals surface area contributed by atoms with E-state index in [0.29, 0.717) is 19.0 Å². The van der Waals surface area contributed by atoms with Crippen molar-refractivity contribution in [1.82, 2.24) is 0 Å². The van der Waals surface area contributed by atoms with Gasteiger partial charge in [0.05, 0.1) is 19.3 Å². The maximum atomic E-state index is 11.1. The molecular formula is C26H28O4S2. The summed E-state index contributed by atoms with van der Waals surface area (Å²) in [5, 5.41) is 11.1. The summed E-state index contributed by atoms with van der Waals surface area (Å²) in [5.74, 6) is 0.392. The molecule has 6 heteroatoms. The quantitative estimate of drug-likeness (QED) is 0.435. The zero-order chi connectivity index (χ0) is 22.2. The maximum absolute atomic E-state index is 11.1. The van der Waals surface area contributed by atoms with Crippen molar-refractivity contribution < 1.29 is 19.3 Å². The van der Waals surface area contributed by atoms with Gasteiger partial charge in [0, 0.05) is 10.6 Å². The van der Waals surface area contributed by atoms with Crippen molar-refractivity contribution in [2.45, 2.75) is 48.0 Å². The van der Waals surface area contributed by atoms with Crippen molar-refractivity contribution in [3.8, 4) is 0 Å². The van der Waals surface area contributed by atoms with Gasteiger partial charge in [-0.05, 0) is 23.3 Å². The van der Waals surface area contributed by atoms with Gasteiger partial charge < -0.3 is 19.3 Å². The SMILES string of the molecule is O[C@H]1[C@H](OCc2ccccc2)[C@H](OCc2ccccc2)[C@@H](Sc2ccccc2)O[C@@H]1CS. The Morgan fingerprint density at radius 2 is 1.25 bits per heavy atom. The number of aliphatic hydroxyl groups is 1. The number of hydrogen-bond donors (Lipinski definition) is 2. The van der Waals surface area contributed by atoms with Crippen LogP contribution in [0.1, 0.15) is 11.1 Å². The number of thiol groups is 1. The van der Waals surface area contributed by atoms with E-state index in [-0.39, 0.29) is 5.44 Å². The van der Waals surface area contributed by atoms with Gasteiger partial charge in [0.2, 0.25) is 0 Å². The van der Waals surface area contributed by atoms with Crippen LogP contribution in [-0.4, -0.2) is 40.7 Å². The first-order chi connectivity index (χ1) is 15.7. The van der Waals surface area contributed by atoms with Crippen LogP contribution in [0.5, 0.6) is 0 Å². The first-order valence-electron chi connectivity index (χ1n) is 10.7. The third-order valence-electron chi connectivity index (χ3n) is 5.36. The highest BCUT2D eigenvalue weighted by Crippen LogP contribution is 2.37. The van der Waals surface area contributed by atoms with Gasteiger partial charge in [-0.1, -0.05) is 90.6 Å². The number of hydrogen-bond acceptors (Lipinski definition) is 6. The van der Waals surface area contributed by atoms with Crippen LogP contribution in [0.4, 0.5) is 0 Å². The summed E-state index contributed by atoms with van der Waals surface area (Å²) in [6.07, 6.45) is -2.30. The van der Waals surface area contributed by atoms with Crippen LogP contribution in [0, 0.1) is 0 Å². The van der Waals surface area contributed by atoms with Crippen molar-refractivity contribution in [2.75, 3.05) is 5.75 Å². The molecule has 3 aromatic carbocycles.